The molecule has 1 amide bonds. The Labute approximate surface area is 98.3 Å². The summed E-state index contributed by atoms with van der Waals surface area (Å²) in [6.07, 6.45) is -1.85. The number of carbonyl (C=O) groups excluding carboxylic acids is 1. The van der Waals surface area contributed by atoms with Crippen LogP contribution in [0.4, 0.5) is 4.39 Å². The third kappa shape index (κ3) is 2.30. The SMILES string of the molecule is Cc1ccc(F)cc1C(=O)N1CC(O)C(O)C1. The van der Waals surface area contributed by atoms with Gasteiger partial charge < -0.3 is 15.1 Å². The molecule has 0 aliphatic carbocycles. The highest BCUT2D eigenvalue weighted by Gasteiger charge is 2.33. The molecule has 0 aromatic heterocycles. The summed E-state index contributed by atoms with van der Waals surface area (Å²) in [7, 11) is 0. The highest BCUT2D eigenvalue weighted by atomic mass is 19.1. The van der Waals surface area contributed by atoms with Gasteiger partial charge in [-0.1, -0.05) is 6.07 Å². The van der Waals surface area contributed by atoms with E-state index >= 15 is 0 Å². The van der Waals surface area contributed by atoms with Crippen LogP contribution < -0.4 is 0 Å². The van der Waals surface area contributed by atoms with Gasteiger partial charge in [0.2, 0.25) is 0 Å². The Morgan fingerprint density at radius 1 is 1.35 bits per heavy atom. The van der Waals surface area contributed by atoms with Gasteiger partial charge in [-0.05, 0) is 24.6 Å². The van der Waals surface area contributed by atoms with Crippen LogP contribution in [-0.2, 0) is 0 Å². The second-order valence-corrected chi connectivity index (χ2v) is 4.30. The molecule has 1 aromatic carbocycles. The number of nitrogens with zero attached hydrogens (tertiary/aromatic N) is 1. The molecular formula is C12H14FNO3. The first-order valence-electron chi connectivity index (χ1n) is 5.40. The van der Waals surface area contributed by atoms with E-state index in [-0.39, 0.29) is 24.6 Å². The fraction of sp³-hybridized carbons (Fsp3) is 0.417. The van der Waals surface area contributed by atoms with Crippen LogP contribution in [0.25, 0.3) is 0 Å². The van der Waals surface area contributed by atoms with E-state index in [9.17, 15) is 19.4 Å². The Balaban J connectivity index is 2.23. The molecule has 0 spiro atoms. The molecule has 0 bridgehead atoms. The number of likely N-dealkylation sites (tertiary alicyclic amines) is 1. The van der Waals surface area contributed by atoms with Crippen molar-refractivity contribution in [3.05, 3.63) is 35.1 Å². The average Bonchev–Trinajstić information content (AvgIpc) is 2.62. The van der Waals surface area contributed by atoms with Crippen LogP contribution in [-0.4, -0.2) is 46.3 Å². The molecule has 2 unspecified atom stereocenters. The fourth-order valence-corrected chi connectivity index (χ4v) is 1.93. The third-order valence-electron chi connectivity index (χ3n) is 2.98. The maximum Gasteiger partial charge on any atom is 0.254 e. The van der Waals surface area contributed by atoms with Gasteiger partial charge in [0, 0.05) is 18.7 Å². The van der Waals surface area contributed by atoms with Gasteiger partial charge in [-0.3, -0.25) is 4.79 Å². The van der Waals surface area contributed by atoms with E-state index in [2.05, 4.69) is 0 Å². The van der Waals surface area contributed by atoms with Crippen LogP contribution in [0, 0.1) is 12.7 Å². The zero-order valence-electron chi connectivity index (χ0n) is 9.43. The van der Waals surface area contributed by atoms with Crippen LogP contribution >= 0.6 is 0 Å². The number of aliphatic hydroxyl groups is 2. The molecule has 0 saturated carbocycles. The van der Waals surface area contributed by atoms with Crippen LogP contribution in [0.15, 0.2) is 18.2 Å². The first kappa shape index (κ1) is 12.0. The van der Waals surface area contributed by atoms with Gasteiger partial charge in [-0.2, -0.15) is 0 Å². The molecule has 1 fully saturated rings. The quantitative estimate of drug-likeness (QED) is 0.741. The number of aliphatic hydroxyl groups excluding tert-OH is 2. The third-order valence-corrected chi connectivity index (χ3v) is 2.98. The highest BCUT2D eigenvalue weighted by molar-refractivity contribution is 5.95. The van der Waals surface area contributed by atoms with Crippen LogP contribution in [0.3, 0.4) is 0 Å². The molecule has 2 atom stereocenters. The van der Waals surface area contributed by atoms with E-state index in [1.54, 1.807) is 6.92 Å². The van der Waals surface area contributed by atoms with Crippen molar-refractivity contribution in [1.82, 2.24) is 4.90 Å². The zero-order valence-corrected chi connectivity index (χ0v) is 9.43. The number of carbonyl (C=O) groups is 1. The van der Waals surface area contributed by atoms with E-state index < -0.39 is 18.0 Å². The Morgan fingerprint density at radius 3 is 2.53 bits per heavy atom. The molecule has 4 nitrogen and oxygen atoms in total. The van der Waals surface area contributed by atoms with Crippen molar-refractivity contribution >= 4 is 5.91 Å². The van der Waals surface area contributed by atoms with Crippen LogP contribution in [0.1, 0.15) is 15.9 Å². The van der Waals surface area contributed by atoms with Crippen LogP contribution in [0.5, 0.6) is 0 Å². The van der Waals surface area contributed by atoms with Gasteiger partial charge in [-0.15, -0.1) is 0 Å². The molecular weight excluding hydrogens is 225 g/mol. The summed E-state index contributed by atoms with van der Waals surface area (Å²) < 4.78 is 13.1. The fourth-order valence-electron chi connectivity index (χ4n) is 1.93. The molecule has 1 aliphatic heterocycles. The van der Waals surface area contributed by atoms with E-state index in [0.717, 1.165) is 0 Å². The predicted octanol–water partition coefficient (Wildman–Crippen LogP) is 0.312. The number of β-amino-alcohol motifs (C(OH)–C–C–N with tert-alkyl or cyclic N) is 2. The summed E-state index contributed by atoms with van der Waals surface area (Å²) >= 11 is 0. The molecule has 0 radical (unpaired) electrons. The van der Waals surface area contributed by atoms with Crippen molar-refractivity contribution < 1.29 is 19.4 Å². The van der Waals surface area contributed by atoms with Gasteiger partial charge in [0.1, 0.15) is 5.82 Å². The van der Waals surface area contributed by atoms with Gasteiger partial charge in [-0.25, -0.2) is 4.39 Å². The average molecular weight is 239 g/mol. The summed E-state index contributed by atoms with van der Waals surface area (Å²) in [5.41, 5.74) is 0.943. The van der Waals surface area contributed by atoms with Crippen molar-refractivity contribution in [3.8, 4) is 0 Å². The molecule has 92 valence electrons. The summed E-state index contributed by atoms with van der Waals surface area (Å²) in [5.74, 6) is -0.836. The number of aryl methyl sites for hydroxylation is 1. The van der Waals surface area contributed by atoms with E-state index in [4.69, 9.17) is 0 Å². The number of hydrogen-bond acceptors (Lipinski definition) is 3. The summed E-state index contributed by atoms with van der Waals surface area (Å²) in [5, 5.41) is 18.7. The number of halogens is 1. The highest BCUT2D eigenvalue weighted by Crippen LogP contribution is 2.17. The Morgan fingerprint density at radius 2 is 1.94 bits per heavy atom. The van der Waals surface area contributed by atoms with Crippen molar-refractivity contribution in [1.29, 1.82) is 0 Å². The Kier molecular flexibility index (Phi) is 3.13. The first-order valence-corrected chi connectivity index (χ1v) is 5.40. The monoisotopic (exact) mass is 239 g/mol. The first-order chi connectivity index (χ1) is 7.99. The lowest BCUT2D eigenvalue weighted by Gasteiger charge is -2.16. The standard InChI is InChI=1S/C12H14FNO3/c1-7-2-3-8(13)4-9(7)12(17)14-5-10(15)11(16)6-14/h2-4,10-11,15-16H,5-6H2,1H3. The Bertz CT molecular complexity index is 439. The number of hydrogen-bond donors (Lipinski definition) is 2. The summed E-state index contributed by atoms with van der Waals surface area (Å²) in [4.78, 5) is 13.4. The molecule has 5 heteroatoms. The lowest BCUT2D eigenvalue weighted by Crippen LogP contribution is -2.30. The minimum absolute atomic E-state index is 0.0793. The normalized spacial score (nSPS) is 24.1. The molecule has 1 aliphatic rings. The van der Waals surface area contributed by atoms with Crippen LogP contribution in [0.2, 0.25) is 0 Å². The molecule has 1 heterocycles. The molecule has 2 rings (SSSR count). The van der Waals surface area contributed by atoms with Gasteiger partial charge >= 0.3 is 0 Å². The second kappa shape index (κ2) is 4.43. The predicted molar refractivity (Wildman–Crippen MR) is 59.1 cm³/mol. The summed E-state index contributed by atoms with van der Waals surface area (Å²) in [6, 6.07) is 4.00. The zero-order chi connectivity index (χ0) is 12.6. The number of benzene rings is 1. The molecule has 1 saturated heterocycles. The van der Waals surface area contributed by atoms with Crippen molar-refractivity contribution in [2.45, 2.75) is 19.1 Å². The van der Waals surface area contributed by atoms with E-state index in [1.807, 2.05) is 0 Å². The van der Waals surface area contributed by atoms with Gasteiger partial charge in [0.15, 0.2) is 0 Å². The summed E-state index contributed by atoms with van der Waals surface area (Å²) in [6.45, 7) is 1.88. The minimum Gasteiger partial charge on any atom is -0.388 e. The minimum atomic E-state index is -0.923. The van der Waals surface area contributed by atoms with Crippen molar-refractivity contribution in [2.24, 2.45) is 0 Å². The van der Waals surface area contributed by atoms with Gasteiger partial charge in [0.25, 0.3) is 5.91 Å². The molecule has 2 N–H and O–H groups in total. The topological polar surface area (TPSA) is 60.8 Å². The van der Waals surface area contributed by atoms with Crippen molar-refractivity contribution in [2.75, 3.05) is 13.1 Å². The number of amides is 1. The largest absolute Gasteiger partial charge is 0.388 e. The second-order valence-electron chi connectivity index (χ2n) is 4.30. The lowest BCUT2D eigenvalue weighted by atomic mass is 10.1. The van der Waals surface area contributed by atoms with Crippen molar-refractivity contribution in [3.63, 3.8) is 0 Å². The molecule has 17 heavy (non-hydrogen) atoms. The lowest BCUT2D eigenvalue weighted by molar-refractivity contribution is 0.0572. The number of rotatable bonds is 1. The van der Waals surface area contributed by atoms with E-state index in [1.165, 1.54) is 23.1 Å². The molecule has 1 aromatic rings. The smallest absolute Gasteiger partial charge is 0.254 e. The maximum atomic E-state index is 13.1. The van der Waals surface area contributed by atoms with Gasteiger partial charge in [0.05, 0.1) is 12.2 Å². The van der Waals surface area contributed by atoms with E-state index in [0.29, 0.717) is 5.56 Å². The Hall–Kier alpha value is -1.46. The maximum absolute atomic E-state index is 13.1.